The van der Waals surface area contributed by atoms with E-state index >= 15 is 0 Å². The molecule has 0 aliphatic heterocycles. The molecule has 0 bridgehead atoms. The number of fused-ring (bicyclic) bond motifs is 9. The van der Waals surface area contributed by atoms with Crippen LogP contribution >= 0.6 is 0 Å². The van der Waals surface area contributed by atoms with E-state index < -0.39 is 16.1 Å². The van der Waals surface area contributed by atoms with Crippen molar-refractivity contribution in [2.45, 2.75) is 6.42 Å². The van der Waals surface area contributed by atoms with Gasteiger partial charge >= 0.3 is 0 Å². The van der Waals surface area contributed by atoms with Crippen LogP contribution < -0.4 is 41.5 Å². The standard InChI is InChI=1S/C79H56N2Si2/c1-7-26-56(27-8-1)69-43-24-45-75-78(69)72-54-60(81-73-44-22-21-42-70(73)79-76(81)46-25-47-77(79)83(63-34-13-4-14-35-63,64-36-15-5-16-37-64)65-38-17-6-18-39-65)49-51-74(72)80(75)59-29-23-40-66(53-59)82(61-30-9-2-10-31-61,62-32-11-3-12-33-62)67-50-48-58-52-57-28-19-20-41-68(57)71(58)55-67/h1-51,53-55H,52H2. The van der Waals surface area contributed by atoms with Crippen LogP contribution in [-0.2, 0) is 6.42 Å². The molecule has 2 heterocycles. The summed E-state index contributed by atoms with van der Waals surface area (Å²) in [6.07, 6.45) is 0.962. The molecule has 0 saturated carbocycles. The summed E-state index contributed by atoms with van der Waals surface area (Å²) in [7, 11) is -5.95. The van der Waals surface area contributed by atoms with Gasteiger partial charge in [-0.05, 0) is 130 Å². The summed E-state index contributed by atoms with van der Waals surface area (Å²) < 4.78 is 5.08. The predicted molar refractivity (Wildman–Crippen MR) is 356 cm³/mol. The Labute approximate surface area is 486 Å². The van der Waals surface area contributed by atoms with Crippen molar-refractivity contribution >= 4 is 101 Å². The van der Waals surface area contributed by atoms with Gasteiger partial charge in [0.25, 0.3) is 0 Å². The Morgan fingerprint density at radius 2 is 0.687 bits per heavy atom. The number of aromatic nitrogens is 2. The second-order valence-corrected chi connectivity index (χ2v) is 29.8. The zero-order valence-electron chi connectivity index (χ0n) is 45.8. The fourth-order valence-electron chi connectivity index (χ4n) is 14.6. The van der Waals surface area contributed by atoms with Gasteiger partial charge in [0.15, 0.2) is 16.1 Å². The van der Waals surface area contributed by atoms with Gasteiger partial charge in [0.05, 0.1) is 22.1 Å². The Bertz CT molecular complexity index is 4780. The highest BCUT2D eigenvalue weighted by molar-refractivity contribution is 7.21. The summed E-state index contributed by atoms with van der Waals surface area (Å²) in [5, 5.41) is 15.9. The van der Waals surface area contributed by atoms with E-state index in [1.165, 1.54) is 113 Å². The first-order chi connectivity index (χ1) is 41.2. The number of nitrogens with zero attached hydrogens (tertiary/aromatic N) is 2. The molecule has 0 fully saturated rings. The molecular formula is C79H56N2Si2. The molecule has 0 atom stereocenters. The van der Waals surface area contributed by atoms with Crippen LogP contribution in [0.2, 0.25) is 0 Å². The zero-order valence-corrected chi connectivity index (χ0v) is 47.8. The third kappa shape index (κ3) is 7.54. The molecule has 83 heavy (non-hydrogen) atoms. The summed E-state index contributed by atoms with van der Waals surface area (Å²) in [4.78, 5) is 0. The highest BCUT2D eigenvalue weighted by Crippen LogP contribution is 2.42. The predicted octanol–water partition coefficient (Wildman–Crippen LogP) is 13.9. The van der Waals surface area contributed by atoms with Crippen LogP contribution in [-0.4, -0.2) is 25.3 Å². The summed E-state index contributed by atoms with van der Waals surface area (Å²) in [5.41, 5.74) is 14.9. The van der Waals surface area contributed by atoms with Crippen molar-refractivity contribution in [3.63, 3.8) is 0 Å². The van der Waals surface area contributed by atoms with Crippen molar-refractivity contribution in [1.29, 1.82) is 0 Å². The van der Waals surface area contributed by atoms with Crippen molar-refractivity contribution < 1.29 is 0 Å². The number of rotatable bonds is 11. The van der Waals surface area contributed by atoms with Gasteiger partial charge in [0, 0.05) is 32.9 Å². The minimum atomic E-state index is -3.00. The monoisotopic (exact) mass is 1090 g/mol. The molecule has 1 aliphatic carbocycles. The average molecular weight is 1090 g/mol. The molecule has 390 valence electrons. The van der Waals surface area contributed by atoms with E-state index in [2.05, 4.69) is 337 Å². The molecule has 0 unspecified atom stereocenters. The van der Waals surface area contributed by atoms with Crippen LogP contribution in [0.5, 0.6) is 0 Å². The minimum Gasteiger partial charge on any atom is -0.309 e. The van der Waals surface area contributed by atoms with Crippen LogP contribution in [0.15, 0.2) is 328 Å². The van der Waals surface area contributed by atoms with E-state index in [9.17, 15) is 0 Å². The third-order valence-corrected chi connectivity index (χ3v) is 27.6. The first-order valence-corrected chi connectivity index (χ1v) is 33.0. The molecule has 0 N–H and O–H groups in total. The lowest BCUT2D eigenvalue weighted by atomic mass is 9.99. The summed E-state index contributed by atoms with van der Waals surface area (Å²) >= 11 is 0. The number of hydrogen-bond acceptors (Lipinski definition) is 0. The maximum absolute atomic E-state index is 3.00. The number of benzene rings is 13. The largest absolute Gasteiger partial charge is 0.309 e. The van der Waals surface area contributed by atoms with Crippen molar-refractivity contribution in [1.82, 2.24) is 9.13 Å². The maximum Gasteiger partial charge on any atom is 0.180 e. The van der Waals surface area contributed by atoms with Crippen molar-refractivity contribution in [2.75, 3.05) is 0 Å². The lowest BCUT2D eigenvalue weighted by molar-refractivity contribution is 1.17. The Morgan fingerprint density at radius 3 is 1.33 bits per heavy atom. The van der Waals surface area contributed by atoms with E-state index in [4.69, 9.17) is 0 Å². The molecule has 2 aromatic heterocycles. The SMILES string of the molecule is c1ccc(-c2cccc3c2c2cc(-n4c5ccccc5c5c([Si](c6ccccc6)(c6ccccc6)c6ccccc6)cccc54)ccc2n3-c2cccc([Si](c3ccccc3)(c3ccccc3)c3ccc4c(c3)-c3ccccc3C4)c2)cc1. The summed E-state index contributed by atoms with van der Waals surface area (Å²) in [5.74, 6) is 0. The van der Waals surface area contributed by atoms with Gasteiger partial charge in [0.1, 0.15) is 0 Å². The normalized spacial score (nSPS) is 12.3. The molecule has 1 aliphatic rings. The van der Waals surface area contributed by atoms with Crippen molar-refractivity contribution in [2.24, 2.45) is 0 Å². The molecule has 2 nitrogen and oxygen atoms in total. The topological polar surface area (TPSA) is 9.86 Å². The lowest BCUT2D eigenvalue weighted by Gasteiger charge is -2.35. The Hall–Kier alpha value is -10.1. The van der Waals surface area contributed by atoms with Gasteiger partial charge in [-0.2, -0.15) is 0 Å². The molecule has 0 amide bonds. The molecule has 0 saturated heterocycles. The van der Waals surface area contributed by atoms with E-state index in [1.807, 2.05) is 0 Å². The Kier molecular flexibility index (Phi) is 11.7. The van der Waals surface area contributed by atoms with E-state index in [1.54, 1.807) is 0 Å². The van der Waals surface area contributed by atoms with Gasteiger partial charge in [-0.1, -0.05) is 279 Å². The molecule has 16 rings (SSSR count). The second-order valence-electron chi connectivity index (χ2n) is 22.2. The van der Waals surface area contributed by atoms with E-state index in [0.717, 1.165) is 23.3 Å². The van der Waals surface area contributed by atoms with Crippen LogP contribution in [0.4, 0.5) is 0 Å². The van der Waals surface area contributed by atoms with Crippen LogP contribution in [0.1, 0.15) is 11.1 Å². The molecule has 13 aromatic carbocycles. The fraction of sp³-hybridized carbons (Fsp3) is 0.0127. The molecule has 4 heteroatoms. The van der Waals surface area contributed by atoms with Gasteiger partial charge in [-0.25, -0.2) is 0 Å². The molecule has 0 spiro atoms. The van der Waals surface area contributed by atoms with Crippen molar-refractivity contribution in [3.05, 3.63) is 339 Å². The fourth-order valence-corrected chi connectivity index (χ4v) is 24.4. The molecule has 0 radical (unpaired) electrons. The highest BCUT2D eigenvalue weighted by atomic mass is 28.3. The Morgan fingerprint density at radius 1 is 0.241 bits per heavy atom. The van der Waals surface area contributed by atoms with Gasteiger partial charge < -0.3 is 9.13 Å². The molecule has 15 aromatic rings. The van der Waals surface area contributed by atoms with Gasteiger partial charge in [-0.3, -0.25) is 0 Å². The minimum absolute atomic E-state index is 0.962. The highest BCUT2D eigenvalue weighted by Gasteiger charge is 2.44. The maximum atomic E-state index is 2.55. The van der Waals surface area contributed by atoms with E-state index in [-0.39, 0.29) is 0 Å². The van der Waals surface area contributed by atoms with Gasteiger partial charge in [-0.15, -0.1) is 0 Å². The first kappa shape index (κ1) is 48.8. The molecular weight excluding hydrogens is 1030 g/mol. The zero-order chi connectivity index (χ0) is 54.9. The smallest absolute Gasteiger partial charge is 0.180 e. The summed E-state index contributed by atoms with van der Waals surface area (Å²) in [6.45, 7) is 0. The number of para-hydroxylation sites is 1. The first-order valence-electron chi connectivity index (χ1n) is 29.0. The average Bonchev–Trinajstić information content (AvgIpc) is 2.52. The Balaban J connectivity index is 0.956. The lowest BCUT2D eigenvalue weighted by Crippen LogP contribution is -2.74. The number of hydrogen-bond donors (Lipinski definition) is 0. The summed E-state index contributed by atoms with van der Waals surface area (Å²) in [6, 6.07) is 124. The van der Waals surface area contributed by atoms with Crippen LogP contribution in [0.3, 0.4) is 0 Å². The van der Waals surface area contributed by atoms with Gasteiger partial charge in [0.2, 0.25) is 0 Å². The third-order valence-electron chi connectivity index (χ3n) is 18.0. The van der Waals surface area contributed by atoms with Crippen LogP contribution in [0, 0.1) is 0 Å². The van der Waals surface area contributed by atoms with E-state index in [0.29, 0.717) is 0 Å². The van der Waals surface area contributed by atoms with Crippen LogP contribution in [0.25, 0.3) is 77.2 Å². The van der Waals surface area contributed by atoms with Crippen molar-refractivity contribution in [3.8, 4) is 33.6 Å². The quantitative estimate of drug-likeness (QED) is 0.0902. The second kappa shape index (κ2) is 19.9.